The SMILES string of the molecule is CSCc1cc2nc(c1)OC(C)CCCCOc1cc(F)ccc1-c1cc(ncc1F)N2. The van der Waals surface area contributed by atoms with Crippen molar-refractivity contribution < 1.29 is 18.3 Å². The van der Waals surface area contributed by atoms with Crippen molar-refractivity contribution in [1.29, 1.82) is 0 Å². The third-order valence-corrected chi connectivity index (χ3v) is 5.72. The molecule has 1 atom stereocenters. The average molecular weight is 458 g/mol. The summed E-state index contributed by atoms with van der Waals surface area (Å²) in [5.74, 6) is 1.67. The number of aromatic nitrogens is 2. The summed E-state index contributed by atoms with van der Waals surface area (Å²) in [5.41, 5.74) is 1.81. The number of pyridine rings is 2. The number of rotatable bonds is 2. The zero-order valence-corrected chi connectivity index (χ0v) is 18.8. The van der Waals surface area contributed by atoms with Gasteiger partial charge in [-0.3, -0.25) is 0 Å². The van der Waals surface area contributed by atoms with Crippen LogP contribution < -0.4 is 14.8 Å². The van der Waals surface area contributed by atoms with Gasteiger partial charge in [0.25, 0.3) is 0 Å². The van der Waals surface area contributed by atoms with E-state index in [0.29, 0.717) is 35.4 Å². The van der Waals surface area contributed by atoms with Crippen LogP contribution in [0.25, 0.3) is 11.1 Å². The second-order valence-corrected chi connectivity index (χ2v) is 8.59. The van der Waals surface area contributed by atoms with Crippen LogP contribution in [0.4, 0.5) is 20.4 Å². The number of hydrogen-bond acceptors (Lipinski definition) is 6. The van der Waals surface area contributed by atoms with E-state index >= 15 is 0 Å². The number of nitrogens with one attached hydrogen (secondary N) is 1. The number of hydrogen-bond donors (Lipinski definition) is 1. The second-order valence-electron chi connectivity index (χ2n) is 7.72. The van der Waals surface area contributed by atoms with E-state index < -0.39 is 11.6 Å². The molecule has 0 radical (unpaired) electrons. The summed E-state index contributed by atoms with van der Waals surface area (Å²) in [7, 11) is 0. The Balaban J connectivity index is 1.78. The molecule has 3 aromatic rings. The van der Waals surface area contributed by atoms with E-state index in [0.717, 1.165) is 36.8 Å². The highest BCUT2D eigenvalue weighted by atomic mass is 32.2. The van der Waals surface area contributed by atoms with Crippen LogP contribution in [0.1, 0.15) is 31.7 Å². The maximum atomic E-state index is 14.7. The fourth-order valence-electron chi connectivity index (χ4n) is 3.60. The molecule has 0 saturated heterocycles. The molecule has 32 heavy (non-hydrogen) atoms. The first-order chi connectivity index (χ1) is 15.5. The number of nitrogens with zero attached hydrogens (tertiary/aromatic N) is 2. The van der Waals surface area contributed by atoms with E-state index in [4.69, 9.17) is 9.47 Å². The van der Waals surface area contributed by atoms with Crippen molar-refractivity contribution >= 4 is 23.4 Å². The molecule has 2 aromatic heterocycles. The lowest BCUT2D eigenvalue weighted by molar-refractivity contribution is 0.194. The van der Waals surface area contributed by atoms with Crippen molar-refractivity contribution in [3.8, 4) is 22.8 Å². The predicted molar refractivity (Wildman–Crippen MR) is 124 cm³/mol. The monoisotopic (exact) mass is 457 g/mol. The predicted octanol–water partition coefficient (Wildman–Crippen LogP) is 6.36. The van der Waals surface area contributed by atoms with Gasteiger partial charge in [0, 0.05) is 29.0 Å². The molecule has 1 N–H and O–H groups in total. The number of halogens is 2. The topological polar surface area (TPSA) is 56.3 Å². The van der Waals surface area contributed by atoms with Crippen LogP contribution in [-0.2, 0) is 5.75 Å². The smallest absolute Gasteiger partial charge is 0.215 e. The fourth-order valence-corrected chi connectivity index (χ4v) is 4.10. The zero-order chi connectivity index (χ0) is 22.5. The number of thioether (sulfide) groups is 1. The first-order valence-electron chi connectivity index (χ1n) is 10.5. The van der Waals surface area contributed by atoms with Gasteiger partial charge in [-0.25, -0.2) is 13.8 Å². The van der Waals surface area contributed by atoms with Crippen LogP contribution in [-0.4, -0.2) is 28.9 Å². The summed E-state index contributed by atoms with van der Waals surface area (Å²) >= 11 is 1.70. The molecule has 5 nitrogen and oxygen atoms in total. The second kappa shape index (κ2) is 10.2. The summed E-state index contributed by atoms with van der Waals surface area (Å²) < 4.78 is 40.5. The van der Waals surface area contributed by atoms with Gasteiger partial charge in [0.05, 0.1) is 18.9 Å². The Morgan fingerprint density at radius 2 is 1.97 bits per heavy atom. The van der Waals surface area contributed by atoms with Crippen LogP contribution in [0, 0.1) is 11.6 Å². The fraction of sp³-hybridized carbons (Fsp3) is 0.333. The molecule has 168 valence electrons. The van der Waals surface area contributed by atoms with E-state index in [2.05, 4.69) is 15.3 Å². The molecule has 0 fully saturated rings. The van der Waals surface area contributed by atoms with Gasteiger partial charge >= 0.3 is 0 Å². The Morgan fingerprint density at radius 1 is 1.09 bits per heavy atom. The molecule has 0 amide bonds. The quantitative estimate of drug-likeness (QED) is 0.483. The van der Waals surface area contributed by atoms with Gasteiger partial charge in [-0.2, -0.15) is 16.7 Å². The van der Waals surface area contributed by atoms with Crippen LogP contribution >= 0.6 is 11.8 Å². The molecule has 1 aliphatic heterocycles. The summed E-state index contributed by atoms with van der Waals surface area (Å²) in [6.45, 7) is 2.41. The standard InChI is InChI=1S/C24H25F2N3O2S/c1-15-5-3-4-8-30-21-11-17(25)6-7-18(21)19-12-22(27-13-20(19)26)28-23-9-16(14-32-2)10-24(29-23)31-15/h6-7,9-13,15H,3-5,8,14H2,1-2H3,(H,27,28,29). The largest absolute Gasteiger partial charge is 0.493 e. The summed E-state index contributed by atoms with van der Waals surface area (Å²) in [4.78, 5) is 8.74. The molecule has 3 heterocycles. The van der Waals surface area contributed by atoms with Crippen molar-refractivity contribution in [2.45, 2.75) is 38.0 Å². The highest BCUT2D eigenvalue weighted by Crippen LogP contribution is 2.34. The normalized spacial score (nSPS) is 16.3. The Hall–Kier alpha value is -2.87. The summed E-state index contributed by atoms with van der Waals surface area (Å²) in [6, 6.07) is 9.56. The lowest BCUT2D eigenvalue weighted by Gasteiger charge is -2.18. The molecule has 8 heteroatoms. The van der Waals surface area contributed by atoms with Gasteiger partial charge in [-0.15, -0.1) is 0 Å². The molecule has 1 unspecified atom stereocenters. The Kier molecular flexibility index (Phi) is 7.09. The molecule has 4 rings (SSSR count). The number of ether oxygens (including phenoxy) is 2. The third kappa shape index (κ3) is 5.48. The van der Waals surface area contributed by atoms with Crippen LogP contribution in [0.5, 0.6) is 11.6 Å². The number of anilines is 2. The minimum atomic E-state index is -0.518. The van der Waals surface area contributed by atoms with Crippen LogP contribution in [0.3, 0.4) is 0 Å². The maximum Gasteiger partial charge on any atom is 0.215 e. The minimum Gasteiger partial charge on any atom is -0.493 e. The molecular weight excluding hydrogens is 432 g/mol. The van der Waals surface area contributed by atoms with E-state index in [1.54, 1.807) is 17.8 Å². The molecule has 1 aliphatic rings. The highest BCUT2D eigenvalue weighted by Gasteiger charge is 2.16. The van der Waals surface area contributed by atoms with Crippen molar-refractivity contribution in [3.05, 3.63) is 59.8 Å². The number of fused-ring (bicyclic) bond motifs is 6. The van der Waals surface area contributed by atoms with Gasteiger partial charge in [0.1, 0.15) is 29.0 Å². The van der Waals surface area contributed by atoms with Gasteiger partial charge in [-0.1, -0.05) is 0 Å². The third-order valence-electron chi connectivity index (χ3n) is 5.10. The van der Waals surface area contributed by atoms with Gasteiger partial charge in [0.2, 0.25) is 5.88 Å². The van der Waals surface area contributed by atoms with Crippen molar-refractivity contribution in [3.63, 3.8) is 0 Å². The molecular formula is C24H25F2N3O2S. The molecule has 0 aliphatic carbocycles. The van der Waals surface area contributed by atoms with Gasteiger partial charge in [0.15, 0.2) is 0 Å². The highest BCUT2D eigenvalue weighted by molar-refractivity contribution is 7.97. The Bertz CT molecular complexity index is 1100. The Labute approximate surface area is 190 Å². The van der Waals surface area contributed by atoms with Gasteiger partial charge in [-0.05, 0) is 62.3 Å². The molecule has 1 aromatic carbocycles. The van der Waals surface area contributed by atoms with Crippen molar-refractivity contribution in [1.82, 2.24) is 9.97 Å². The van der Waals surface area contributed by atoms with Crippen molar-refractivity contribution in [2.75, 3.05) is 18.2 Å². The van der Waals surface area contributed by atoms with E-state index in [1.807, 2.05) is 25.3 Å². The first kappa shape index (κ1) is 22.3. The first-order valence-corrected chi connectivity index (χ1v) is 11.9. The van der Waals surface area contributed by atoms with E-state index in [9.17, 15) is 8.78 Å². The van der Waals surface area contributed by atoms with Crippen LogP contribution in [0.15, 0.2) is 42.6 Å². The van der Waals surface area contributed by atoms with E-state index in [1.165, 1.54) is 18.2 Å². The Morgan fingerprint density at radius 3 is 2.81 bits per heavy atom. The zero-order valence-electron chi connectivity index (χ0n) is 18.0. The molecule has 0 spiro atoms. The minimum absolute atomic E-state index is 0.0203. The molecule has 0 saturated carbocycles. The summed E-state index contributed by atoms with van der Waals surface area (Å²) in [5, 5.41) is 3.16. The van der Waals surface area contributed by atoms with E-state index in [-0.39, 0.29) is 11.7 Å². The summed E-state index contributed by atoms with van der Waals surface area (Å²) in [6.07, 6.45) is 5.61. The lowest BCUT2D eigenvalue weighted by Crippen LogP contribution is -2.14. The van der Waals surface area contributed by atoms with Gasteiger partial charge < -0.3 is 14.8 Å². The van der Waals surface area contributed by atoms with Crippen molar-refractivity contribution in [2.24, 2.45) is 0 Å². The maximum absolute atomic E-state index is 14.7. The number of benzene rings is 1. The molecule has 4 bridgehead atoms. The van der Waals surface area contributed by atoms with Crippen LogP contribution in [0.2, 0.25) is 0 Å². The lowest BCUT2D eigenvalue weighted by atomic mass is 10.0. The average Bonchev–Trinajstić information content (AvgIpc) is 2.75.